The summed E-state index contributed by atoms with van der Waals surface area (Å²) in [5.74, 6) is -0.386. The predicted octanol–water partition coefficient (Wildman–Crippen LogP) is 5.31. The highest BCUT2D eigenvalue weighted by atomic mass is 28.4. The Balaban J connectivity index is 1.99. The fraction of sp³-hybridized carbons (Fsp3) is 0.800. The Hall–Kier alpha value is -1.30. The lowest BCUT2D eigenvalue weighted by Crippen LogP contribution is -2.64. The zero-order chi connectivity index (χ0) is 26.3. The number of nitrogens with one attached hydrogen (secondary N) is 1. The van der Waals surface area contributed by atoms with Gasteiger partial charge >= 0.3 is 0 Å². The maximum absolute atomic E-state index is 13.1. The van der Waals surface area contributed by atoms with Gasteiger partial charge in [-0.3, -0.25) is 14.3 Å². The van der Waals surface area contributed by atoms with Crippen LogP contribution in [0.1, 0.15) is 70.9 Å². The highest BCUT2D eigenvalue weighted by Gasteiger charge is 2.48. The molecule has 1 N–H and O–H groups in total. The van der Waals surface area contributed by atoms with Crippen molar-refractivity contribution in [3.05, 3.63) is 17.5 Å². The van der Waals surface area contributed by atoms with Crippen molar-refractivity contribution in [3.63, 3.8) is 0 Å². The standard InChI is InChI=1S/C25H47N3O4Si2/c1-17-16-28(13-14-31-33(9,10)24(3,4)5)27-22(17)20(29)15-19-21(23(30)26-19)18(2)32-34(11,12)25(6,7)8/h16,18-19,21H,13-15H2,1-12H3,(H,26,30)/t18-,19-,21-/m1/s1. The molecule has 0 radical (unpaired) electrons. The number of nitrogens with zero attached hydrogens (tertiary/aromatic N) is 2. The van der Waals surface area contributed by atoms with E-state index in [1.165, 1.54) is 0 Å². The van der Waals surface area contributed by atoms with E-state index in [4.69, 9.17) is 8.85 Å². The van der Waals surface area contributed by atoms with Crippen molar-refractivity contribution in [2.45, 2.75) is 117 Å². The Morgan fingerprint density at radius 3 is 2.18 bits per heavy atom. The van der Waals surface area contributed by atoms with E-state index in [2.05, 4.69) is 78.1 Å². The quantitative estimate of drug-likeness (QED) is 0.262. The van der Waals surface area contributed by atoms with Crippen LogP contribution in [-0.2, 0) is 20.2 Å². The minimum Gasteiger partial charge on any atom is -0.415 e. The number of carbonyl (C=O) groups is 2. The van der Waals surface area contributed by atoms with E-state index in [0.29, 0.717) is 18.8 Å². The summed E-state index contributed by atoms with van der Waals surface area (Å²) in [6.45, 7) is 27.1. The minimum absolute atomic E-state index is 0.0333. The topological polar surface area (TPSA) is 82.5 Å². The van der Waals surface area contributed by atoms with Crippen molar-refractivity contribution in [1.82, 2.24) is 15.1 Å². The molecule has 0 bridgehead atoms. The number of aryl methyl sites for hydroxylation is 1. The van der Waals surface area contributed by atoms with Crippen molar-refractivity contribution >= 4 is 28.3 Å². The van der Waals surface area contributed by atoms with Gasteiger partial charge in [0.1, 0.15) is 5.69 Å². The summed E-state index contributed by atoms with van der Waals surface area (Å²) in [6.07, 6.45) is 1.92. The number of aromatic nitrogens is 2. The van der Waals surface area contributed by atoms with Crippen LogP contribution in [0.2, 0.25) is 36.3 Å². The lowest BCUT2D eigenvalue weighted by Gasteiger charge is -2.45. The molecule has 0 unspecified atom stereocenters. The predicted molar refractivity (Wildman–Crippen MR) is 142 cm³/mol. The monoisotopic (exact) mass is 509 g/mol. The van der Waals surface area contributed by atoms with Crippen LogP contribution in [0.3, 0.4) is 0 Å². The molecular formula is C25H47N3O4Si2. The van der Waals surface area contributed by atoms with Crippen molar-refractivity contribution < 1.29 is 18.4 Å². The van der Waals surface area contributed by atoms with Gasteiger partial charge in [-0.05, 0) is 55.7 Å². The number of rotatable bonds is 10. The van der Waals surface area contributed by atoms with Crippen molar-refractivity contribution in [2.75, 3.05) is 6.61 Å². The molecule has 1 aliphatic rings. The third-order valence-electron chi connectivity index (χ3n) is 8.06. The fourth-order valence-corrected chi connectivity index (χ4v) is 6.17. The second kappa shape index (κ2) is 9.99. The van der Waals surface area contributed by atoms with Gasteiger partial charge in [0.15, 0.2) is 22.4 Å². The van der Waals surface area contributed by atoms with Crippen LogP contribution < -0.4 is 5.32 Å². The summed E-state index contributed by atoms with van der Waals surface area (Å²) in [4.78, 5) is 25.4. The molecule has 1 aliphatic heterocycles. The van der Waals surface area contributed by atoms with Crippen LogP contribution in [-0.4, -0.2) is 56.9 Å². The zero-order valence-electron chi connectivity index (χ0n) is 23.5. The van der Waals surface area contributed by atoms with Gasteiger partial charge in [-0.25, -0.2) is 0 Å². The average molecular weight is 510 g/mol. The van der Waals surface area contributed by atoms with Gasteiger partial charge in [0.2, 0.25) is 5.91 Å². The highest BCUT2D eigenvalue weighted by Crippen LogP contribution is 2.39. The third kappa shape index (κ3) is 6.47. The first-order valence-electron chi connectivity index (χ1n) is 12.5. The van der Waals surface area contributed by atoms with E-state index in [1.807, 2.05) is 20.0 Å². The highest BCUT2D eigenvalue weighted by molar-refractivity contribution is 6.74. The van der Waals surface area contributed by atoms with Crippen LogP contribution in [0.15, 0.2) is 6.20 Å². The smallest absolute Gasteiger partial charge is 0.228 e. The molecule has 194 valence electrons. The summed E-state index contributed by atoms with van der Waals surface area (Å²) in [6, 6.07) is -0.216. The van der Waals surface area contributed by atoms with E-state index in [-0.39, 0.29) is 46.3 Å². The molecule has 9 heteroatoms. The van der Waals surface area contributed by atoms with Crippen LogP contribution >= 0.6 is 0 Å². The van der Waals surface area contributed by atoms with E-state index in [1.54, 1.807) is 4.68 Å². The number of β-lactam (4-membered cyclic amide) rings is 1. The number of Topliss-reactive ketones (excluding diaryl/α,β-unsaturated/α-hetero) is 1. The summed E-state index contributed by atoms with van der Waals surface area (Å²) < 4.78 is 14.5. The van der Waals surface area contributed by atoms with Crippen LogP contribution in [0.5, 0.6) is 0 Å². The summed E-state index contributed by atoms with van der Waals surface area (Å²) in [5, 5.41) is 7.68. The molecule has 1 amide bonds. The first-order valence-corrected chi connectivity index (χ1v) is 18.3. The molecular weight excluding hydrogens is 462 g/mol. The van der Waals surface area contributed by atoms with Gasteiger partial charge < -0.3 is 14.2 Å². The molecule has 1 aromatic heterocycles. The SMILES string of the molecule is Cc1cn(CCO[Si](C)(C)C(C)(C)C)nc1C(=O)C[C@H]1NC(=O)[C@@H]1[C@@H](C)O[Si](C)(C)C(C)(C)C. The number of hydrogen-bond acceptors (Lipinski definition) is 5. The number of amides is 1. The van der Waals surface area contributed by atoms with Gasteiger partial charge in [0, 0.05) is 12.6 Å². The van der Waals surface area contributed by atoms with Crippen LogP contribution in [0.4, 0.5) is 0 Å². The molecule has 0 aliphatic carbocycles. The molecule has 1 aromatic rings. The maximum atomic E-state index is 13.1. The van der Waals surface area contributed by atoms with Gasteiger partial charge in [-0.15, -0.1) is 0 Å². The third-order valence-corrected chi connectivity index (χ3v) is 17.2. The van der Waals surface area contributed by atoms with Crippen LogP contribution in [0.25, 0.3) is 0 Å². The minimum atomic E-state index is -2.01. The molecule has 7 nitrogen and oxygen atoms in total. The summed E-state index contributed by atoms with van der Waals surface area (Å²) in [5.41, 5.74) is 1.33. The molecule has 0 saturated carbocycles. The van der Waals surface area contributed by atoms with Crippen molar-refractivity contribution in [1.29, 1.82) is 0 Å². The Kier molecular flexibility index (Phi) is 8.50. The lowest BCUT2D eigenvalue weighted by atomic mass is 9.82. The van der Waals surface area contributed by atoms with E-state index in [9.17, 15) is 9.59 Å². The lowest BCUT2D eigenvalue weighted by molar-refractivity contribution is -0.139. The Morgan fingerprint density at radius 1 is 1.12 bits per heavy atom. The number of ketones is 1. The molecule has 0 aromatic carbocycles. The number of carbonyl (C=O) groups excluding carboxylic acids is 2. The molecule has 1 fully saturated rings. The van der Waals surface area contributed by atoms with Crippen LogP contribution in [0, 0.1) is 12.8 Å². The van der Waals surface area contributed by atoms with Gasteiger partial charge in [-0.1, -0.05) is 41.5 Å². The second-order valence-electron chi connectivity index (χ2n) is 12.9. The largest absolute Gasteiger partial charge is 0.415 e. The summed E-state index contributed by atoms with van der Waals surface area (Å²) >= 11 is 0. The fourth-order valence-electron chi connectivity index (χ4n) is 3.71. The Bertz CT molecular complexity index is 897. The molecule has 1 saturated heterocycles. The van der Waals surface area contributed by atoms with Gasteiger partial charge in [0.05, 0.1) is 31.2 Å². The average Bonchev–Trinajstić information content (AvgIpc) is 2.99. The first-order chi connectivity index (χ1) is 15.3. The van der Waals surface area contributed by atoms with E-state index < -0.39 is 16.6 Å². The maximum Gasteiger partial charge on any atom is 0.228 e. The summed E-state index contributed by atoms with van der Waals surface area (Å²) in [7, 11) is -3.83. The molecule has 0 spiro atoms. The first kappa shape index (κ1) is 28.9. The van der Waals surface area contributed by atoms with Gasteiger partial charge in [0.25, 0.3) is 0 Å². The zero-order valence-corrected chi connectivity index (χ0v) is 25.5. The molecule has 2 rings (SSSR count). The molecule has 2 heterocycles. The van der Waals surface area contributed by atoms with E-state index in [0.717, 1.165) is 5.56 Å². The van der Waals surface area contributed by atoms with Crippen molar-refractivity contribution in [3.8, 4) is 0 Å². The van der Waals surface area contributed by atoms with E-state index >= 15 is 0 Å². The molecule has 3 atom stereocenters. The Morgan fingerprint density at radius 2 is 1.68 bits per heavy atom. The normalized spacial score (nSPS) is 20.6. The second-order valence-corrected chi connectivity index (χ2v) is 22.4. The van der Waals surface area contributed by atoms with Crippen molar-refractivity contribution in [2.24, 2.45) is 5.92 Å². The molecule has 34 heavy (non-hydrogen) atoms. The Labute approximate surface area is 208 Å². The number of hydrogen-bond donors (Lipinski definition) is 1. The van der Waals surface area contributed by atoms with Gasteiger partial charge in [-0.2, -0.15) is 5.10 Å².